The fourth-order valence-corrected chi connectivity index (χ4v) is 5.46. The highest BCUT2D eigenvalue weighted by Crippen LogP contribution is 2.42. The SMILES string of the molecule is CCCN(CCCC(=O)C1=C(C)C(=O)OC12CCN(CC)CC2)c1cc(I)cc(OC)c1. The average Bonchev–Trinajstić information content (AvgIpc) is 3.02. The molecule has 7 heteroatoms. The molecule has 1 fully saturated rings. The number of nitrogens with zero attached hydrogens (tertiary/aromatic N) is 2. The third-order valence-electron chi connectivity index (χ3n) is 6.60. The number of methoxy groups -OCH3 is 1. The Morgan fingerprint density at radius 3 is 2.56 bits per heavy atom. The van der Waals surface area contributed by atoms with Gasteiger partial charge < -0.3 is 19.3 Å². The van der Waals surface area contributed by atoms with E-state index < -0.39 is 5.60 Å². The van der Waals surface area contributed by atoms with Crippen molar-refractivity contribution in [3.8, 4) is 5.75 Å². The quantitative estimate of drug-likeness (QED) is 0.312. The summed E-state index contributed by atoms with van der Waals surface area (Å²) in [5.74, 6) is 0.582. The van der Waals surface area contributed by atoms with E-state index >= 15 is 0 Å². The van der Waals surface area contributed by atoms with Crippen LogP contribution in [0.5, 0.6) is 5.75 Å². The molecule has 3 rings (SSSR count). The standard InChI is InChI=1S/C25H35IN2O4/c1-5-11-28(20-15-19(26)16-21(17-20)31-4)12-7-8-22(29)23-18(3)24(30)32-25(23)9-13-27(6-2)14-10-25/h15-17H,5-14H2,1-4H3. The smallest absolute Gasteiger partial charge is 0.335 e. The Hall–Kier alpha value is -1.61. The number of likely N-dealkylation sites (tertiary alicyclic amines) is 1. The maximum absolute atomic E-state index is 13.3. The van der Waals surface area contributed by atoms with Crippen LogP contribution in [0, 0.1) is 3.57 Å². The Morgan fingerprint density at radius 2 is 1.94 bits per heavy atom. The molecule has 0 aliphatic carbocycles. The largest absolute Gasteiger partial charge is 0.497 e. The van der Waals surface area contributed by atoms with Gasteiger partial charge in [-0.2, -0.15) is 0 Å². The molecular weight excluding hydrogens is 519 g/mol. The van der Waals surface area contributed by atoms with Crippen molar-refractivity contribution in [3.05, 3.63) is 32.9 Å². The Labute approximate surface area is 205 Å². The number of carbonyl (C=O) groups excluding carboxylic acids is 2. The third-order valence-corrected chi connectivity index (χ3v) is 7.22. The second-order valence-electron chi connectivity index (χ2n) is 8.68. The summed E-state index contributed by atoms with van der Waals surface area (Å²) in [5.41, 5.74) is 1.54. The van der Waals surface area contributed by atoms with Gasteiger partial charge in [0.15, 0.2) is 5.78 Å². The first-order valence-electron chi connectivity index (χ1n) is 11.6. The van der Waals surface area contributed by atoms with Gasteiger partial charge in [0.1, 0.15) is 11.4 Å². The van der Waals surface area contributed by atoms with Gasteiger partial charge in [-0.1, -0.05) is 13.8 Å². The maximum atomic E-state index is 13.3. The number of carbonyl (C=O) groups is 2. The number of ether oxygens (including phenoxy) is 2. The molecule has 1 saturated heterocycles. The predicted octanol–water partition coefficient (Wildman–Crippen LogP) is 4.59. The number of esters is 1. The van der Waals surface area contributed by atoms with Gasteiger partial charge in [0, 0.05) is 71.9 Å². The summed E-state index contributed by atoms with van der Waals surface area (Å²) in [7, 11) is 1.68. The van der Waals surface area contributed by atoms with E-state index in [2.05, 4.69) is 52.3 Å². The molecule has 32 heavy (non-hydrogen) atoms. The molecule has 1 aromatic rings. The van der Waals surface area contributed by atoms with E-state index in [9.17, 15) is 9.59 Å². The van der Waals surface area contributed by atoms with Gasteiger partial charge in [-0.05, 0) is 61.0 Å². The van der Waals surface area contributed by atoms with Crippen molar-refractivity contribution in [1.82, 2.24) is 4.90 Å². The number of hydrogen-bond donors (Lipinski definition) is 0. The number of rotatable bonds is 10. The van der Waals surface area contributed by atoms with E-state index in [0.29, 0.717) is 30.4 Å². The summed E-state index contributed by atoms with van der Waals surface area (Å²) in [6.45, 7) is 10.4. The molecule has 176 valence electrons. The second-order valence-corrected chi connectivity index (χ2v) is 9.93. The molecule has 2 aliphatic heterocycles. The Kier molecular flexibility index (Phi) is 8.61. The molecule has 0 bridgehead atoms. The zero-order chi connectivity index (χ0) is 23.3. The minimum absolute atomic E-state index is 0.0648. The molecule has 2 aliphatic rings. The van der Waals surface area contributed by atoms with Crippen molar-refractivity contribution < 1.29 is 19.1 Å². The van der Waals surface area contributed by atoms with Crippen molar-refractivity contribution in [2.24, 2.45) is 0 Å². The summed E-state index contributed by atoms with van der Waals surface area (Å²) in [6.07, 6.45) is 3.58. The first-order valence-corrected chi connectivity index (χ1v) is 12.7. The minimum atomic E-state index is -0.712. The summed E-state index contributed by atoms with van der Waals surface area (Å²) < 4.78 is 12.4. The molecule has 1 aromatic carbocycles. The fraction of sp³-hybridized carbons (Fsp3) is 0.600. The lowest BCUT2D eigenvalue weighted by molar-refractivity contribution is -0.150. The Morgan fingerprint density at radius 1 is 1.22 bits per heavy atom. The molecule has 2 heterocycles. The third kappa shape index (κ3) is 5.47. The van der Waals surface area contributed by atoms with E-state index in [1.165, 1.54) is 0 Å². The van der Waals surface area contributed by atoms with Crippen LogP contribution in [0.3, 0.4) is 0 Å². The van der Waals surface area contributed by atoms with Crippen LogP contribution >= 0.6 is 22.6 Å². The van der Waals surface area contributed by atoms with Crippen LogP contribution in [0.25, 0.3) is 0 Å². The van der Waals surface area contributed by atoms with E-state index in [1.807, 2.05) is 12.1 Å². The summed E-state index contributed by atoms with van der Waals surface area (Å²) in [5, 5.41) is 0. The first kappa shape index (κ1) is 25.0. The van der Waals surface area contributed by atoms with Crippen LogP contribution in [0.2, 0.25) is 0 Å². The highest BCUT2D eigenvalue weighted by Gasteiger charge is 2.50. The number of anilines is 1. The van der Waals surface area contributed by atoms with Crippen molar-refractivity contribution in [1.29, 1.82) is 0 Å². The lowest BCUT2D eigenvalue weighted by atomic mass is 9.80. The molecule has 0 amide bonds. The van der Waals surface area contributed by atoms with E-state index in [-0.39, 0.29) is 11.8 Å². The van der Waals surface area contributed by atoms with Gasteiger partial charge in [-0.25, -0.2) is 4.79 Å². The maximum Gasteiger partial charge on any atom is 0.335 e. The summed E-state index contributed by atoms with van der Waals surface area (Å²) in [6, 6.07) is 6.20. The number of piperidine rings is 1. The number of hydrogen-bond acceptors (Lipinski definition) is 6. The normalized spacial score (nSPS) is 18.2. The predicted molar refractivity (Wildman–Crippen MR) is 135 cm³/mol. The zero-order valence-corrected chi connectivity index (χ0v) is 21.9. The van der Waals surface area contributed by atoms with Crippen molar-refractivity contribution in [2.45, 2.75) is 58.5 Å². The van der Waals surface area contributed by atoms with Crippen molar-refractivity contribution >= 4 is 40.0 Å². The van der Waals surface area contributed by atoms with E-state index in [4.69, 9.17) is 9.47 Å². The van der Waals surface area contributed by atoms with Crippen molar-refractivity contribution in [3.63, 3.8) is 0 Å². The molecular formula is C25H35IN2O4. The first-order chi connectivity index (χ1) is 15.3. The molecule has 0 N–H and O–H groups in total. The van der Waals surface area contributed by atoms with Gasteiger partial charge >= 0.3 is 5.97 Å². The van der Waals surface area contributed by atoms with Crippen molar-refractivity contribution in [2.75, 3.05) is 44.7 Å². The van der Waals surface area contributed by atoms with Crippen LogP contribution in [0.15, 0.2) is 29.3 Å². The molecule has 0 unspecified atom stereocenters. The topological polar surface area (TPSA) is 59.1 Å². The van der Waals surface area contributed by atoms with Gasteiger partial charge in [-0.3, -0.25) is 4.79 Å². The van der Waals surface area contributed by atoms with Crippen LogP contribution < -0.4 is 9.64 Å². The molecule has 0 atom stereocenters. The van der Waals surface area contributed by atoms with Gasteiger partial charge in [-0.15, -0.1) is 0 Å². The number of Topliss-reactive ketones (excluding diaryl/α,β-unsaturated/α-hetero) is 1. The minimum Gasteiger partial charge on any atom is -0.497 e. The lowest BCUT2D eigenvalue weighted by Crippen LogP contribution is -2.47. The van der Waals surface area contributed by atoms with Gasteiger partial charge in [0.05, 0.1) is 7.11 Å². The molecule has 0 saturated carbocycles. The van der Waals surface area contributed by atoms with Crippen LogP contribution in [0.4, 0.5) is 5.69 Å². The number of halogens is 1. The van der Waals surface area contributed by atoms with Gasteiger partial charge in [0.25, 0.3) is 0 Å². The Bertz CT molecular complexity index is 875. The lowest BCUT2D eigenvalue weighted by Gasteiger charge is -2.39. The molecule has 0 aromatic heterocycles. The zero-order valence-electron chi connectivity index (χ0n) is 19.7. The summed E-state index contributed by atoms with van der Waals surface area (Å²) in [4.78, 5) is 30.4. The fourth-order valence-electron chi connectivity index (χ4n) is 4.84. The van der Waals surface area contributed by atoms with Crippen LogP contribution in [-0.4, -0.2) is 62.1 Å². The second kappa shape index (κ2) is 11.0. The monoisotopic (exact) mass is 554 g/mol. The number of benzene rings is 1. The van der Waals surface area contributed by atoms with Gasteiger partial charge in [0.2, 0.25) is 0 Å². The van der Waals surface area contributed by atoms with Crippen LogP contribution in [-0.2, 0) is 14.3 Å². The summed E-state index contributed by atoms with van der Waals surface area (Å²) >= 11 is 2.30. The number of ketones is 1. The molecule has 1 spiro atoms. The average molecular weight is 554 g/mol. The molecule has 6 nitrogen and oxygen atoms in total. The van der Waals surface area contributed by atoms with E-state index in [0.717, 1.165) is 60.6 Å². The molecule has 0 radical (unpaired) electrons. The highest BCUT2D eigenvalue weighted by molar-refractivity contribution is 14.1. The highest BCUT2D eigenvalue weighted by atomic mass is 127. The van der Waals surface area contributed by atoms with E-state index in [1.54, 1.807) is 14.0 Å². The van der Waals surface area contributed by atoms with Crippen LogP contribution in [0.1, 0.15) is 52.9 Å². The Balaban J connectivity index is 1.68.